The van der Waals surface area contributed by atoms with Crippen molar-refractivity contribution in [3.05, 3.63) is 59.7 Å². The van der Waals surface area contributed by atoms with Crippen molar-refractivity contribution >= 4 is 39.7 Å². The second kappa shape index (κ2) is 9.25. The van der Waals surface area contributed by atoms with E-state index in [1.807, 2.05) is 18.2 Å². The van der Waals surface area contributed by atoms with Crippen molar-refractivity contribution in [2.75, 3.05) is 19.0 Å². The number of thiazole rings is 1. The summed E-state index contributed by atoms with van der Waals surface area (Å²) in [5.41, 5.74) is 1.18. The third kappa shape index (κ3) is 5.24. The van der Waals surface area contributed by atoms with E-state index in [0.29, 0.717) is 22.1 Å². The molecule has 1 amide bonds. The van der Waals surface area contributed by atoms with E-state index in [4.69, 9.17) is 21.7 Å². The Balaban J connectivity index is 1.53. The quantitative estimate of drug-likeness (QED) is 0.594. The minimum absolute atomic E-state index is 0.100. The number of ether oxygens (including phenoxy) is 2. The van der Waals surface area contributed by atoms with E-state index in [-0.39, 0.29) is 17.5 Å². The molecule has 3 aromatic rings. The van der Waals surface area contributed by atoms with Crippen LogP contribution in [0.2, 0.25) is 0 Å². The molecule has 0 spiro atoms. The van der Waals surface area contributed by atoms with Crippen LogP contribution in [-0.2, 0) is 4.79 Å². The molecule has 28 heavy (non-hydrogen) atoms. The Labute approximate surface area is 170 Å². The number of hydrogen-bond acceptors (Lipinski definition) is 6. The van der Waals surface area contributed by atoms with Gasteiger partial charge >= 0.3 is 0 Å². The number of carbonyl (C=O) groups is 1. The van der Waals surface area contributed by atoms with Gasteiger partial charge in [-0.05, 0) is 42.5 Å². The van der Waals surface area contributed by atoms with E-state index in [1.165, 1.54) is 30.6 Å². The van der Waals surface area contributed by atoms with Gasteiger partial charge in [0.2, 0.25) is 0 Å². The topological polar surface area (TPSA) is 72.5 Å². The third-order valence-electron chi connectivity index (χ3n) is 3.54. The molecule has 1 heterocycles. The summed E-state index contributed by atoms with van der Waals surface area (Å²) in [6, 6.07) is 13.6. The van der Waals surface area contributed by atoms with Gasteiger partial charge in [-0.3, -0.25) is 10.1 Å². The molecule has 0 saturated heterocycles. The number of thiocarbonyl (C=S) groups is 1. The lowest BCUT2D eigenvalue weighted by Gasteiger charge is -2.08. The van der Waals surface area contributed by atoms with E-state index in [9.17, 15) is 9.18 Å². The maximum atomic E-state index is 13.8. The smallest absolute Gasteiger partial charge is 0.264 e. The van der Waals surface area contributed by atoms with E-state index < -0.39 is 11.7 Å². The number of anilines is 1. The van der Waals surface area contributed by atoms with Gasteiger partial charge in [-0.1, -0.05) is 18.2 Å². The van der Waals surface area contributed by atoms with Gasteiger partial charge in [-0.25, -0.2) is 9.37 Å². The molecule has 0 fully saturated rings. The van der Waals surface area contributed by atoms with Crippen molar-refractivity contribution in [1.29, 1.82) is 0 Å². The van der Waals surface area contributed by atoms with Crippen LogP contribution in [0.5, 0.6) is 11.5 Å². The molecule has 2 N–H and O–H groups in total. The van der Waals surface area contributed by atoms with E-state index >= 15 is 0 Å². The summed E-state index contributed by atoms with van der Waals surface area (Å²) in [5, 5.41) is 7.68. The number of halogens is 1. The number of aromatic nitrogens is 1. The lowest BCUT2D eigenvalue weighted by molar-refractivity contribution is -0.121. The summed E-state index contributed by atoms with van der Waals surface area (Å²) in [5.74, 6) is -0.106. The van der Waals surface area contributed by atoms with Gasteiger partial charge in [0.1, 0.15) is 5.75 Å². The van der Waals surface area contributed by atoms with Gasteiger partial charge in [0.15, 0.2) is 28.4 Å². The van der Waals surface area contributed by atoms with Crippen molar-refractivity contribution in [1.82, 2.24) is 10.3 Å². The van der Waals surface area contributed by atoms with Gasteiger partial charge in [0.25, 0.3) is 5.91 Å². The Bertz CT molecular complexity index is 980. The first kappa shape index (κ1) is 19.7. The van der Waals surface area contributed by atoms with E-state index in [2.05, 4.69) is 15.6 Å². The van der Waals surface area contributed by atoms with E-state index in [0.717, 1.165) is 0 Å². The number of benzene rings is 2. The maximum Gasteiger partial charge on any atom is 0.264 e. The van der Waals surface area contributed by atoms with Crippen molar-refractivity contribution < 1.29 is 18.7 Å². The lowest BCUT2D eigenvalue weighted by Crippen LogP contribution is -2.37. The molecule has 0 saturated carbocycles. The standard InChI is InChI=1S/C19H16FN3O3S2/c1-25-16-8-7-12(9-14(16)20)15-11-28-19(21-15)23-18(27)22-17(24)10-26-13-5-3-2-4-6-13/h2-9,11H,10H2,1H3,(H2,21,22,23,24,27). The molecule has 0 bridgehead atoms. The summed E-state index contributed by atoms with van der Waals surface area (Å²) < 4.78 is 24.1. The van der Waals surface area contributed by atoms with Gasteiger partial charge in [-0.15, -0.1) is 11.3 Å². The molecule has 3 rings (SSSR count). The summed E-state index contributed by atoms with van der Waals surface area (Å²) in [4.78, 5) is 16.3. The van der Waals surface area contributed by atoms with Gasteiger partial charge in [0, 0.05) is 10.9 Å². The highest BCUT2D eigenvalue weighted by molar-refractivity contribution is 7.80. The minimum Gasteiger partial charge on any atom is -0.494 e. The normalized spacial score (nSPS) is 10.2. The second-order valence-corrected chi connectivity index (χ2v) is 6.76. The molecule has 2 aromatic carbocycles. The first-order valence-electron chi connectivity index (χ1n) is 8.13. The van der Waals surface area contributed by atoms with E-state index in [1.54, 1.807) is 23.6 Å². The number of nitrogens with zero attached hydrogens (tertiary/aromatic N) is 1. The van der Waals surface area contributed by atoms with Crippen LogP contribution in [0.4, 0.5) is 9.52 Å². The Kier molecular flexibility index (Phi) is 6.51. The van der Waals surface area contributed by atoms with Gasteiger partial charge in [0.05, 0.1) is 12.8 Å². The van der Waals surface area contributed by atoms with Crippen molar-refractivity contribution in [2.45, 2.75) is 0 Å². The monoisotopic (exact) mass is 417 g/mol. The number of rotatable bonds is 6. The van der Waals surface area contributed by atoms with Crippen LogP contribution in [0, 0.1) is 5.82 Å². The predicted molar refractivity (Wildman–Crippen MR) is 110 cm³/mol. The largest absolute Gasteiger partial charge is 0.494 e. The summed E-state index contributed by atoms with van der Waals surface area (Å²) in [7, 11) is 1.41. The molecule has 0 radical (unpaired) electrons. The number of para-hydroxylation sites is 1. The Morgan fingerprint density at radius 3 is 2.75 bits per heavy atom. The Hall–Kier alpha value is -3.04. The first-order valence-corrected chi connectivity index (χ1v) is 9.42. The molecule has 9 heteroatoms. The number of methoxy groups -OCH3 is 1. The van der Waals surface area contributed by atoms with Crippen LogP contribution in [0.25, 0.3) is 11.3 Å². The zero-order valence-corrected chi connectivity index (χ0v) is 16.4. The third-order valence-corrected chi connectivity index (χ3v) is 4.50. The Morgan fingerprint density at radius 2 is 2.04 bits per heavy atom. The molecule has 144 valence electrons. The van der Waals surface area contributed by atoms with Gasteiger partial charge in [-0.2, -0.15) is 0 Å². The first-order chi connectivity index (χ1) is 13.5. The molecule has 0 unspecified atom stereocenters. The number of amides is 1. The molecule has 0 atom stereocenters. The number of hydrogen-bond donors (Lipinski definition) is 2. The fourth-order valence-corrected chi connectivity index (χ4v) is 3.25. The summed E-state index contributed by atoms with van der Waals surface area (Å²) >= 11 is 6.39. The lowest BCUT2D eigenvalue weighted by atomic mass is 10.1. The average molecular weight is 417 g/mol. The SMILES string of the molecule is COc1ccc(-c2csc(NC(=S)NC(=O)COc3ccccc3)n2)cc1F. The van der Waals surface area contributed by atoms with Crippen LogP contribution in [0.15, 0.2) is 53.9 Å². The van der Waals surface area contributed by atoms with Crippen molar-refractivity contribution in [3.63, 3.8) is 0 Å². The molecule has 0 aliphatic carbocycles. The maximum absolute atomic E-state index is 13.8. The van der Waals surface area contributed by atoms with Crippen LogP contribution < -0.4 is 20.1 Å². The average Bonchev–Trinajstić information content (AvgIpc) is 3.15. The highest BCUT2D eigenvalue weighted by atomic mass is 32.1. The molecular formula is C19H16FN3O3S2. The minimum atomic E-state index is -0.469. The molecule has 0 aliphatic heterocycles. The van der Waals surface area contributed by atoms with Crippen LogP contribution in [-0.4, -0.2) is 29.7 Å². The Morgan fingerprint density at radius 1 is 1.25 bits per heavy atom. The summed E-state index contributed by atoms with van der Waals surface area (Å²) in [6.45, 7) is -0.167. The van der Waals surface area contributed by atoms with Crippen LogP contribution in [0.3, 0.4) is 0 Å². The molecular weight excluding hydrogens is 401 g/mol. The molecule has 1 aromatic heterocycles. The van der Waals surface area contributed by atoms with Gasteiger partial charge < -0.3 is 14.8 Å². The highest BCUT2D eigenvalue weighted by Crippen LogP contribution is 2.28. The fourth-order valence-electron chi connectivity index (χ4n) is 2.25. The molecule has 0 aliphatic rings. The van der Waals surface area contributed by atoms with Crippen molar-refractivity contribution in [2.24, 2.45) is 0 Å². The zero-order chi connectivity index (χ0) is 19.9. The molecule has 6 nitrogen and oxygen atoms in total. The van der Waals surface area contributed by atoms with Crippen molar-refractivity contribution in [3.8, 4) is 22.8 Å². The predicted octanol–water partition coefficient (Wildman–Crippen LogP) is 3.85. The summed E-state index contributed by atoms with van der Waals surface area (Å²) in [6.07, 6.45) is 0. The van der Waals surface area contributed by atoms with Crippen LogP contribution >= 0.6 is 23.6 Å². The van der Waals surface area contributed by atoms with Crippen LogP contribution in [0.1, 0.15) is 0 Å². The fraction of sp³-hybridized carbons (Fsp3) is 0.105. The number of carbonyl (C=O) groups excluding carboxylic acids is 1. The zero-order valence-electron chi connectivity index (χ0n) is 14.8. The highest BCUT2D eigenvalue weighted by Gasteiger charge is 2.11. The number of nitrogens with one attached hydrogen (secondary N) is 2. The second-order valence-electron chi connectivity index (χ2n) is 5.49.